The second-order valence-corrected chi connectivity index (χ2v) is 8.45. The number of rotatable bonds is 5. The van der Waals surface area contributed by atoms with Gasteiger partial charge in [0, 0.05) is 17.5 Å². The van der Waals surface area contributed by atoms with E-state index < -0.39 is 10.0 Å². The predicted octanol–water partition coefficient (Wildman–Crippen LogP) is 0.715. The van der Waals surface area contributed by atoms with Crippen LogP contribution in [-0.2, 0) is 10.0 Å². The van der Waals surface area contributed by atoms with Crippen LogP contribution in [0.25, 0.3) is 16.6 Å². The van der Waals surface area contributed by atoms with Gasteiger partial charge in [0.1, 0.15) is 17.5 Å². The highest BCUT2D eigenvalue weighted by molar-refractivity contribution is 7.89. The van der Waals surface area contributed by atoms with Gasteiger partial charge in [0.05, 0.1) is 18.1 Å². The number of hydrogen-bond acceptors (Lipinski definition) is 6. The van der Waals surface area contributed by atoms with Crippen LogP contribution in [0, 0.1) is 5.92 Å². The SMILES string of the molecule is NCNS(=O)(=O)CC1CCC(c2nnn3cnc4[nH]ccc4c23)CC1. The molecule has 0 saturated heterocycles. The van der Waals surface area contributed by atoms with Crippen LogP contribution < -0.4 is 10.5 Å². The van der Waals surface area contributed by atoms with Crippen LogP contribution in [0.5, 0.6) is 0 Å². The summed E-state index contributed by atoms with van der Waals surface area (Å²) in [6.07, 6.45) is 7.06. The molecule has 25 heavy (non-hydrogen) atoms. The zero-order valence-electron chi connectivity index (χ0n) is 13.7. The van der Waals surface area contributed by atoms with Gasteiger partial charge in [-0.2, -0.15) is 0 Å². The van der Waals surface area contributed by atoms with Gasteiger partial charge in [0.25, 0.3) is 0 Å². The summed E-state index contributed by atoms with van der Waals surface area (Å²) < 4.78 is 27.8. The number of nitrogens with zero attached hydrogens (tertiary/aromatic N) is 4. The minimum atomic E-state index is -3.28. The van der Waals surface area contributed by atoms with E-state index >= 15 is 0 Å². The third-order valence-electron chi connectivity index (χ3n) is 4.99. The van der Waals surface area contributed by atoms with Crippen molar-refractivity contribution in [2.24, 2.45) is 11.7 Å². The molecule has 0 unspecified atom stereocenters. The topological polar surface area (TPSA) is 131 Å². The van der Waals surface area contributed by atoms with E-state index in [9.17, 15) is 8.42 Å². The maximum Gasteiger partial charge on any atom is 0.212 e. The lowest BCUT2D eigenvalue weighted by atomic mass is 9.81. The highest BCUT2D eigenvalue weighted by atomic mass is 32.2. The Hall–Kier alpha value is -2.04. The van der Waals surface area contributed by atoms with Gasteiger partial charge in [-0.25, -0.2) is 22.6 Å². The fraction of sp³-hybridized carbons (Fsp3) is 0.533. The van der Waals surface area contributed by atoms with Crippen molar-refractivity contribution < 1.29 is 8.42 Å². The molecule has 3 aromatic heterocycles. The number of nitrogens with two attached hydrogens (primary N) is 1. The highest BCUT2D eigenvalue weighted by Gasteiger charge is 2.29. The third kappa shape index (κ3) is 3.12. The summed E-state index contributed by atoms with van der Waals surface area (Å²) in [5, 5.41) is 9.60. The molecule has 10 heteroatoms. The van der Waals surface area contributed by atoms with Crippen molar-refractivity contribution in [3.05, 3.63) is 24.3 Å². The Morgan fingerprint density at radius 1 is 1.32 bits per heavy atom. The molecule has 134 valence electrons. The lowest BCUT2D eigenvalue weighted by molar-refractivity contribution is 0.345. The molecule has 3 heterocycles. The summed E-state index contributed by atoms with van der Waals surface area (Å²) >= 11 is 0. The van der Waals surface area contributed by atoms with Gasteiger partial charge in [0.2, 0.25) is 10.0 Å². The molecule has 1 saturated carbocycles. The van der Waals surface area contributed by atoms with E-state index in [2.05, 4.69) is 25.0 Å². The minimum absolute atomic E-state index is 0.0509. The van der Waals surface area contributed by atoms with Crippen molar-refractivity contribution in [3.63, 3.8) is 0 Å². The average Bonchev–Trinajstić information content (AvgIpc) is 3.21. The Labute approximate surface area is 145 Å². The number of aromatic nitrogens is 5. The maximum atomic E-state index is 11.9. The van der Waals surface area contributed by atoms with Crippen LogP contribution >= 0.6 is 0 Å². The van der Waals surface area contributed by atoms with E-state index in [0.717, 1.165) is 47.9 Å². The largest absolute Gasteiger partial charge is 0.346 e. The van der Waals surface area contributed by atoms with Crippen molar-refractivity contribution >= 4 is 26.6 Å². The normalized spacial score (nSPS) is 22.0. The molecule has 4 rings (SSSR count). The van der Waals surface area contributed by atoms with E-state index in [-0.39, 0.29) is 18.3 Å². The smallest absolute Gasteiger partial charge is 0.212 e. The summed E-state index contributed by atoms with van der Waals surface area (Å²) in [7, 11) is -3.28. The molecule has 0 amide bonds. The maximum absolute atomic E-state index is 11.9. The molecule has 1 fully saturated rings. The first-order valence-corrected chi connectivity index (χ1v) is 10.1. The first-order valence-electron chi connectivity index (χ1n) is 8.42. The first-order chi connectivity index (χ1) is 12.1. The number of fused-ring (bicyclic) bond motifs is 3. The minimum Gasteiger partial charge on any atom is -0.346 e. The summed E-state index contributed by atoms with van der Waals surface area (Å²) in [4.78, 5) is 7.43. The van der Waals surface area contributed by atoms with Gasteiger partial charge < -0.3 is 10.7 Å². The van der Waals surface area contributed by atoms with Crippen molar-refractivity contribution in [1.82, 2.24) is 29.5 Å². The van der Waals surface area contributed by atoms with Crippen molar-refractivity contribution in [2.45, 2.75) is 31.6 Å². The van der Waals surface area contributed by atoms with Crippen LogP contribution in [0.1, 0.15) is 37.3 Å². The standard InChI is InChI=1S/C15H21N7O2S/c16-8-19-25(23,24)7-10-1-3-11(4-2-10)13-14-12-5-6-17-15(12)18-9-22(14)21-20-13/h5-6,9-11,17,19H,1-4,7-8,16H2. The Bertz CT molecular complexity index is 986. The fourth-order valence-corrected chi connectivity index (χ4v) is 5.12. The molecule has 0 atom stereocenters. The Morgan fingerprint density at radius 3 is 2.88 bits per heavy atom. The average molecular weight is 363 g/mol. The number of nitrogens with one attached hydrogen (secondary N) is 2. The van der Waals surface area contributed by atoms with E-state index in [1.807, 2.05) is 12.3 Å². The molecule has 9 nitrogen and oxygen atoms in total. The molecule has 1 aliphatic carbocycles. The second kappa shape index (κ2) is 6.36. The van der Waals surface area contributed by atoms with Gasteiger partial charge >= 0.3 is 0 Å². The van der Waals surface area contributed by atoms with Crippen molar-refractivity contribution in [2.75, 3.05) is 12.4 Å². The van der Waals surface area contributed by atoms with Gasteiger partial charge in [-0.1, -0.05) is 5.21 Å². The zero-order valence-corrected chi connectivity index (χ0v) is 14.5. The Kier molecular flexibility index (Phi) is 4.18. The van der Waals surface area contributed by atoms with E-state index in [0.29, 0.717) is 5.92 Å². The van der Waals surface area contributed by atoms with Crippen molar-refractivity contribution in [3.8, 4) is 0 Å². The molecule has 0 bridgehead atoms. The highest BCUT2D eigenvalue weighted by Crippen LogP contribution is 2.38. The lowest BCUT2D eigenvalue weighted by Gasteiger charge is -2.27. The Morgan fingerprint density at radius 2 is 2.12 bits per heavy atom. The molecule has 0 aliphatic heterocycles. The summed E-state index contributed by atoms with van der Waals surface area (Å²) in [5.74, 6) is 0.598. The second-order valence-electron chi connectivity index (χ2n) is 6.60. The number of sulfonamides is 1. The van der Waals surface area contributed by atoms with E-state index in [4.69, 9.17) is 5.73 Å². The zero-order chi connectivity index (χ0) is 17.4. The molecular weight excluding hydrogens is 342 g/mol. The van der Waals surface area contributed by atoms with Gasteiger partial charge in [-0.05, 0) is 37.7 Å². The quantitative estimate of drug-likeness (QED) is 0.572. The molecule has 0 aromatic carbocycles. The first kappa shape index (κ1) is 16.4. The van der Waals surface area contributed by atoms with E-state index in [1.54, 1.807) is 10.8 Å². The molecule has 0 spiro atoms. The van der Waals surface area contributed by atoms with Crippen LogP contribution in [0.3, 0.4) is 0 Å². The number of H-pyrrole nitrogens is 1. The summed E-state index contributed by atoms with van der Waals surface area (Å²) in [6, 6.07) is 1.99. The van der Waals surface area contributed by atoms with Crippen molar-refractivity contribution in [1.29, 1.82) is 0 Å². The summed E-state index contributed by atoms with van der Waals surface area (Å²) in [5.41, 5.74) is 8.08. The molecule has 4 N–H and O–H groups in total. The summed E-state index contributed by atoms with van der Waals surface area (Å²) in [6.45, 7) is -0.0509. The van der Waals surface area contributed by atoms with Crippen LogP contribution in [0.4, 0.5) is 0 Å². The lowest BCUT2D eigenvalue weighted by Crippen LogP contribution is -2.34. The molecule has 3 aromatic rings. The van der Waals surface area contributed by atoms with Crippen LogP contribution in [-0.4, -0.2) is 45.6 Å². The molecular formula is C15H21N7O2S. The molecule has 0 radical (unpaired) electrons. The number of hydrogen-bond donors (Lipinski definition) is 3. The molecule has 1 aliphatic rings. The predicted molar refractivity (Wildman–Crippen MR) is 93.3 cm³/mol. The van der Waals surface area contributed by atoms with Gasteiger partial charge in [-0.15, -0.1) is 5.10 Å². The fourth-order valence-electron chi connectivity index (χ4n) is 3.79. The van der Waals surface area contributed by atoms with E-state index in [1.165, 1.54) is 0 Å². The third-order valence-corrected chi connectivity index (χ3v) is 6.51. The van der Waals surface area contributed by atoms with Gasteiger partial charge in [-0.3, -0.25) is 0 Å². The number of aromatic amines is 1. The van der Waals surface area contributed by atoms with Gasteiger partial charge in [0.15, 0.2) is 0 Å². The monoisotopic (exact) mass is 363 g/mol. The van der Waals surface area contributed by atoms with Crippen LogP contribution in [0.15, 0.2) is 18.6 Å². The Balaban J connectivity index is 1.53. The van der Waals surface area contributed by atoms with Crippen LogP contribution in [0.2, 0.25) is 0 Å².